The van der Waals surface area contributed by atoms with Crippen LogP contribution in [0.2, 0.25) is 0 Å². The Kier molecular flexibility index (Phi) is 5.19. The second kappa shape index (κ2) is 6.20. The van der Waals surface area contributed by atoms with Crippen LogP contribution in [0.3, 0.4) is 0 Å². The normalized spacial score (nSPS) is 12.4. The molecule has 0 saturated heterocycles. The molecule has 1 aromatic heterocycles. The number of nitrogens with one attached hydrogen (secondary N) is 1. The molecule has 0 atom stereocenters. The van der Waals surface area contributed by atoms with Gasteiger partial charge in [0.2, 0.25) is 0 Å². The first kappa shape index (κ1) is 14.2. The molecule has 3 nitrogen and oxygen atoms in total. The van der Waals surface area contributed by atoms with Crippen molar-refractivity contribution in [1.29, 1.82) is 0 Å². The lowest BCUT2D eigenvalue weighted by atomic mass is 9.99. The summed E-state index contributed by atoms with van der Waals surface area (Å²) >= 11 is 0. The molecule has 0 radical (unpaired) electrons. The highest BCUT2D eigenvalue weighted by atomic mass is 15.1. The Bertz CT molecular complexity index is 326. The molecule has 17 heavy (non-hydrogen) atoms. The summed E-state index contributed by atoms with van der Waals surface area (Å²) in [4.78, 5) is 4.46. The highest BCUT2D eigenvalue weighted by Crippen LogP contribution is 2.21. The molecule has 0 aliphatic carbocycles. The van der Waals surface area contributed by atoms with Crippen LogP contribution < -0.4 is 5.32 Å². The summed E-state index contributed by atoms with van der Waals surface area (Å²) in [7, 11) is 0. The van der Waals surface area contributed by atoms with Gasteiger partial charge in [0.25, 0.3) is 0 Å². The molecule has 0 amide bonds. The number of hydrogen-bond acceptors (Lipinski definition) is 2. The van der Waals surface area contributed by atoms with Crippen molar-refractivity contribution in [2.45, 2.75) is 59.5 Å². The molecule has 1 aromatic rings. The van der Waals surface area contributed by atoms with Crippen molar-refractivity contribution in [2.75, 3.05) is 6.54 Å². The van der Waals surface area contributed by atoms with E-state index in [0.717, 1.165) is 18.8 Å². The molecule has 98 valence electrons. The zero-order valence-electron chi connectivity index (χ0n) is 12.0. The third-order valence-electron chi connectivity index (χ3n) is 3.06. The molecule has 1 N–H and O–H groups in total. The number of imidazole rings is 1. The van der Waals surface area contributed by atoms with Gasteiger partial charge >= 0.3 is 0 Å². The van der Waals surface area contributed by atoms with Crippen LogP contribution in [0.4, 0.5) is 0 Å². The molecule has 0 bridgehead atoms. The van der Waals surface area contributed by atoms with E-state index in [1.165, 1.54) is 12.8 Å². The van der Waals surface area contributed by atoms with Gasteiger partial charge in [-0.25, -0.2) is 4.98 Å². The van der Waals surface area contributed by atoms with Crippen LogP contribution in [0, 0.1) is 5.92 Å². The largest absolute Gasteiger partial charge is 0.332 e. The molecule has 1 heterocycles. The smallest absolute Gasteiger partial charge is 0.0955 e. The fourth-order valence-corrected chi connectivity index (χ4v) is 2.02. The summed E-state index contributed by atoms with van der Waals surface area (Å²) in [6, 6.07) is 0. The Balaban J connectivity index is 2.53. The van der Waals surface area contributed by atoms with Gasteiger partial charge in [-0.05, 0) is 32.7 Å². The predicted octanol–water partition coefficient (Wildman–Crippen LogP) is 3.16. The lowest BCUT2D eigenvalue weighted by Gasteiger charge is -2.25. The summed E-state index contributed by atoms with van der Waals surface area (Å²) in [6.07, 6.45) is 6.51. The van der Waals surface area contributed by atoms with Crippen LogP contribution >= 0.6 is 0 Å². The van der Waals surface area contributed by atoms with Gasteiger partial charge in [0.05, 0.1) is 12.0 Å². The number of hydrogen-bond donors (Lipinski definition) is 1. The van der Waals surface area contributed by atoms with Crippen LogP contribution in [0.15, 0.2) is 12.5 Å². The zero-order chi connectivity index (χ0) is 12.9. The average molecular weight is 237 g/mol. The molecule has 0 aliphatic rings. The Labute approximate surface area is 106 Å². The highest BCUT2D eigenvalue weighted by Gasteiger charge is 2.18. The zero-order valence-corrected chi connectivity index (χ0v) is 12.0. The van der Waals surface area contributed by atoms with Crippen LogP contribution in [0.5, 0.6) is 0 Å². The molecule has 0 spiro atoms. The van der Waals surface area contributed by atoms with Gasteiger partial charge in [-0.1, -0.05) is 27.2 Å². The number of aromatic nitrogens is 2. The van der Waals surface area contributed by atoms with Crippen molar-refractivity contribution in [3.63, 3.8) is 0 Å². The van der Waals surface area contributed by atoms with Crippen LogP contribution in [-0.2, 0) is 12.1 Å². The van der Waals surface area contributed by atoms with E-state index in [9.17, 15) is 0 Å². The molecular weight excluding hydrogens is 210 g/mol. The molecule has 0 aromatic carbocycles. The Hall–Kier alpha value is -0.830. The van der Waals surface area contributed by atoms with Crippen molar-refractivity contribution in [3.05, 3.63) is 18.2 Å². The Morgan fingerprint density at radius 1 is 1.41 bits per heavy atom. The summed E-state index contributed by atoms with van der Waals surface area (Å²) < 4.78 is 2.24. The van der Waals surface area contributed by atoms with Gasteiger partial charge < -0.3 is 9.88 Å². The lowest BCUT2D eigenvalue weighted by molar-refractivity contribution is 0.323. The standard InChI is InChI=1S/C14H27N3/c1-6-7-14(4,5)17-10-13(16-11-17)9-15-8-12(2)3/h10-12,15H,6-9H2,1-5H3. The maximum Gasteiger partial charge on any atom is 0.0955 e. The van der Waals surface area contributed by atoms with Gasteiger partial charge in [-0.2, -0.15) is 0 Å². The topological polar surface area (TPSA) is 29.9 Å². The van der Waals surface area contributed by atoms with Gasteiger partial charge in [0.15, 0.2) is 0 Å². The molecule has 0 saturated carbocycles. The second-order valence-electron chi connectivity index (χ2n) is 5.86. The van der Waals surface area contributed by atoms with Crippen molar-refractivity contribution in [3.8, 4) is 0 Å². The van der Waals surface area contributed by atoms with E-state index in [2.05, 4.69) is 55.7 Å². The molecule has 0 aliphatic heterocycles. The fourth-order valence-electron chi connectivity index (χ4n) is 2.02. The molecule has 0 unspecified atom stereocenters. The second-order valence-corrected chi connectivity index (χ2v) is 5.86. The first-order valence-electron chi connectivity index (χ1n) is 6.69. The monoisotopic (exact) mass is 237 g/mol. The predicted molar refractivity (Wildman–Crippen MR) is 73.0 cm³/mol. The molecular formula is C14H27N3. The fraction of sp³-hybridized carbons (Fsp3) is 0.786. The lowest BCUT2D eigenvalue weighted by Crippen LogP contribution is -2.24. The van der Waals surface area contributed by atoms with Gasteiger partial charge in [-0.3, -0.25) is 0 Å². The summed E-state index contributed by atoms with van der Waals surface area (Å²) in [5.41, 5.74) is 1.31. The molecule has 0 fully saturated rings. The van der Waals surface area contributed by atoms with Crippen molar-refractivity contribution in [2.24, 2.45) is 5.92 Å². The minimum absolute atomic E-state index is 0.179. The highest BCUT2D eigenvalue weighted by molar-refractivity contribution is 4.99. The third-order valence-corrected chi connectivity index (χ3v) is 3.06. The van der Waals surface area contributed by atoms with Crippen molar-refractivity contribution in [1.82, 2.24) is 14.9 Å². The molecule has 3 heteroatoms. The maximum absolute atomic E-state index is 4.46. The van der Waals surface area contributed by atoms with E-state index in [4.69, 9.17) is 0 Å². The van der Waals surface area contributed by atoms with Crippen LogP contribution in [-0.4, -0.2) is 16.1 Å². The van der Waals surface area contributed by atoms with Gasteiger partial charge in [0.1, 0.15) is 0 Å². The average Bonchev–Trinajstić information content (AvgIpc) is 2.66. The first-order valence-corrected chi connectivity index (χ1v) is 6.69. The van der Waals surface area contributed by atoms with E-state index in [1.807, 2.05) is 6.33 Å². The minimum atomic E-state index is 0.179. The van der Waals surface area contributed by atoms with Crippen LogP contribution in [0.1, 0.15) is 53.2 Å². The Morgan fingerprint density at radius 2 is 2.12 bits per heavy atom. The first-order chi connectivity index (χ1) is 7.95. The van der Waals surface area contributed by atoms with E-state index < -0.39 is 0 Å². The summed E-state index contributed by atoms with van der Waals surface area (Å²) in [5.74, 6) is 0.689. The number of rotatable bonds is 7. The van der Waals surface area contributed by atoms with E-state index >= 15 is 0 Å². The summed E-state index contributed by atoms with van der Waals surface area (Å²) in [6.45, 7) is 13.1. The van der Waals surface area contributed by atoms with E-state index in [-0.39, 0.29) is 5.54 Å². The van der Waals surface area contributed by atoms with Crippen LogP contribution in [0.25, 0.3) is 0 Å². The van der Waals surface area contributed by atoms with Crippen molar-refractivity contribution < 1.29 is 0 Å². The van der Waals surface area contributed by atoms with Gasteiger partial charge in [0, 0.05) is 18.3 Å². The maximum atomic E-state index is 4.46. The van der Waals surface area contributed by atoms with E-state index in [1.54, 1.807) is 0 Å². The number of nitrogens with zero attached hydrogens (tertiary/aromatic N) is 2. The van der Waals surface area contributed by atoms with Gasteiger partial charge in [-0.15, -0.1) is 0 Å². The summed E-state index contributed by atoms with van der Waals surface area (Å²) in [5, 5.41) is 3.42. The third kappa shape index (κ3) is 4.50. The minimum Gasteiger partial charge on any atom is -0.332 e. The SMILES string of the molecule is CCCC(C)(C)n1cnc(CNCC(C)C)c1. The Morgan fingerprint density at radius 3 is 2.71 bits per heavy atom. The van der Waals surface area contributed by atoms with E-state index in [0.29, 0.717) is 5.92 Å². The molecule has 1 rings (SSSR count). The van der Waals surface area contributed by atoms with Crippen molar-refractivity contribution >= 4 is 0 Å². The quantitative estimate of drug-likeness (QED) is 0.789.